The lowest BCUT2D eigenvalue weighted by Gasteiger charge is -2.13. The van der Waals surface area contributed by atoms with E-state index in [1.165, 1.54) is 0 Å². The number of hydrogen-bond donors (Lipinski definition) is 2. The normalized spacial score (nSPS) is 12.6. The van der Waals surface area contributed by atoms with Crippen LogP contribution in [-0.2, 0) is 4.79 Å². The summed E-state index contributed by atoms with van der Waals surface area (Å²) in [7, 11) is 0. The smallest absolute Gasteiger partial charge is 0.166 e. The summed E-state index contributed by atoms with van der Waals surface area (Å²) >= 11 is 0. The summed E-state index contributed by atoms with van der Waals surface area (Å²) in [5.41, 5.74) is 7.08. The van der Waals surface area contributed by atoms with Gasteiger partial charge in [0.1, 0.15) is 0 Å². The Kier molecular flexibility index (Phi) is 5.13. The zero-order valence-electron chi connectivity index (χ0n) is 9.48. The van der Waals surface area contributed by atoms with Crippen molar-refractivity contribution in [1.82, 2.24) is 0 Å². The maximum Gasteiger partial charge on any atom is 0.166 e. The second kappa shape index (κ2) is 5.58. The molecular formula is C11H20N2O. The summed E-state index contributed by atoms with van der Waals surface area (Å²) in [4.78, 5) is 11.6. The minimum Gasteiger partial charge on any atom is -0.401 e. The molecule has 0 aromatic heterocycles. The molecule has 3 nitrogen and oxygen atoms in total. The monoisotopic (exact) mass is 196 g/mol. The minimum absolute atomic E-state index is 0.0250. The molecule has 0 fully saturated rings. The average Bonchev–Trinajstić information content (AvgIpc) is 2.16. The van der Waals surface area contributed by atoms with Crippen LogP contribution < -0.4 is 5.73 Å². The molecule has 0 saturated carbocycles. The molecule has 0 aromatic carbocycles. The van der Waals surface area contributed by atoms with Gasteiger partial charge in [-0.3, -0.25) is 4.79 Å². The summed E-state index contributed by atoms with van der Waals surface area (Å²) in [6.45, 7) is 7.48. The van der Waals surface area contributed by atoms with Crippen LogP contribution in [0.4, 0.5) is 0 Å². The number of carbonyl (C=O) groups excluding carboxylic acids is 1. The highest BCUT2D eigenvalue weighted by molar-refractivity contribution is 6.22. The Bertz CT molecular complexity index is 264. The van der Waals surface area contributed by atoms with Gasteiger partial charge in [-0.15, -0.1) is 0 Å². The first-order valence-electron chi connectivity index (χ1n) is 5.06. The molecule has 0 spiro atoms. The molecule has 0 heterocycles. The summed E-state index contributed by atoms with van der Waals surface area (Å²) < 4.78 is 0. The molecule has 3 N–H and O–H groups in total. The van der Waals surface area contributed by atoms with Gasteiger partial charge in [-0.1, -0.05) is 27.7 Å². The van der Waals surface area contributed by atoms with Gasteiger partial charge in [-0.2, -0.15) is 0 Å². The van der Waals surface area contributed by atoms with Crippen molar-refractivity contribution in [3.63, 3.8) is 0 Å². The van der Waals surface area contributed by atoms with Gasteiger partial charge in [-0.25, -0.2) is 0 Å². The highest BCUT2D eigenvalue weighted by atomic mass is 16.1. The number of allylic oxidation sites excluding steroid dienone is 2. The van der Waals surface area contributed by atoms with E-state index in [-0.39, 0.29) is 11.7 Å². The van der Waals surface area contributed by atoms with Crippen LogP contribution in [0.25, 0.3) is 0 Å². The van der Waals surface area contributed by atoms with E-state index in [1.807, 2.05) is 20.8 Å². The van der Waals surface area contributed by atoms with Crippen LogP contribution in [0.2, 0.25) is 0 Å². The first-order valence-corrected chi connectivity index (χ1v) is 5.06. The molecule has 0 radical (unpaired) electrons. The van der Waals surface area contributed by atoms with E-state index in [0.717, 1.165) is 0 Å². The number of carbonyl (C=O) groups is 1. The third-order valence-corrected chi connectivity index (χ3v) is 2.15. The Morgan fingerprint density at radius 3 is 2.07 bits per heavy atom. The van der Waals surface area contributed by atoms with Crippen molar-refractivity contribution in [3.8, 4) is 0 Å². The molecule has 0 aliphatic carbocycles. The molecule has 0 aromatic rings. The van der Waals surface area contributed by atoms with Crippen molar-refractivity contribution >= 4 is 11.5 Å². The van der Waals surface area contributed by atoms with Gasteiger partial charge in [0.05, 0.1) is 5.57 Å². The number of hydrogen-bond acceptors (Lipinski definition) is 3. The maximum atomic E-state index is 11.6. The SMILES string of the molecule is CCC(=O)/C(C(=N)C(C)C)=C(/N)CC. The molecule has 0 amide bonds. The summed E-state index contributed by atoms with van der Waals surface area (Å²) in [6, 6.07) is 0. The lowest BCUT2D eigenvalue weighted by molar-refractivity contribution is -0.114. The van der Waals surface area contributed by atoms with Crippen LogP contribution in [0, 0.1) is 11.3 Å². The Hall–Kier alpha value is -1.12. The van der Waals surface area contributed by atoms with E-state index in [0.29, 0.717) is 29.8 Å². The van der Waals surface area contributed by atoms with E-state index in [1.54, 1.807) is 6.92 Å². The lowest BCUT2D eigenvalue weighted by atomic mass is 9.93. The fourth-order valence-electron chi connectivity index (χ4n) is 1.14. The third kappa shape index (κ3) is 2.98. The Morgan fingerprint density at radius 1 is 1.29 bits per heavy atom. The minimum atomic E-state index is -0.0250. The quantitative estimate of drug-likeness (QED) is 0.523. The number of nitrogens with two attached hydrogens (primary N) is 1. The summed E-state index contributed by atoms with van der Waals surface area (Å²) in [5, 5.41) is 7.81. The summed E-state index contributed by atoms with van der Waals surface area (Å²) in [6.07, 6.45) is 1.03. The molecule has 0 saturated heterocycles. The molecule has 0 bridgehead atoms. The van der Waals surface area contributed by atoms with E-state index in [4.69, 9.17) is 11.1 Å². The van der Waals surface area contributed by atoms with Crippen LogP contribution in [0.1, 0.15) is 40.5 Å². The van der Waals surface area contributed by atoms with Crippen molar-refractivity contribution in [2.24, 2.45) is 11.7 Å². The fraction of sp³-hybridized carbons (Fsp3) is 0.636. The van der Waals surface area contributed by atoms with Crippen molar-refractivity contribution in [2.45, 2.75) is 40.5 Å². The lowest BCUT2D eigenvalue weighted by Crippen LogP contribution is -2.21. The van der Waals surface area contributed by atoms with Gasteiger partial charge in [0, 0.05) is 17.8 Å². The molecule has 0 unspecified atom stereocenters. The van der Waals surface area contributed by atoms with Gasteiger partial charge >= 0.3 is 0 Å². The predicted octanol–water partition coefficient (Wildman–Crippen LogP) is 2.26. The van der Waals surface area contributed by atoms with E-state index in [2.05, 4.69) is 0 Å². The van der Waals surface area contributed by atoms with Crippen molar-refractivity contribution in [3.05, 3.63) is 11.3 Å². The van der Waals surface area contributed by atoms with Gasteiger partial charge in [0.15, 0.2) is 5.78 Å². The molecule has 0 aliphatic heterocycles. The maximum absolute atomic E-state index is 11.6. The molecule has 14 heavy (non-hydrogen) atoms. The second-order valence-corrected chi connectivity index (χ2v) is 3.60. The zero-order valence-corrected chi connectivity index (χ0v) is 9.48. The molecule has 80 valence electrons. The predicted molar refractivity (Wildman–Crippen MR) is 59.4 cm³/mol. The number of rotatable bonds is 5. The van der Waals surface area contributed by atoms with E-state index >= 15 is 0 Å². The first-order chi connectivity index (χ1) is 6.45. The summed E-state index contributed by atoms with van der Waals surface area (Å²) in [5.74, 6) is 0.0219. The number of Topliss-reactive ketones (excluding diaryl/α,β-unsaturated/α-hetero) is 1. The largest absolute Gasteiger partial charge is 0.401 e. The topological polar surface area (TPSA) is 66.9 Å². The van der Waals surface area contributed by atoms with Crippen LogP contribution >= 0.6 is 0 Å². The van der Waals surface area contributed by atoms with Crippen LogP contribution in [0.3, 0.4) is 0 Å². The third-order valence-electron chi connectivity index (χ3n) is 2.15. The van der Waals surface area contributed by atoms with Crippen molar-refractivity contribution in [2.75, 3.05) is 0 Å². The molecule has 0 rings (SSSR count). The molecule has 0 aliphatic rings. The van der Waals surface area contributed by atoms with Crippen LogP contribution in [-0.4, -0.2) is 11.5 Å². The number of ketones is 1. The fourth-order valence-corrected chi connectivity index (χ4v) is 1.14. The van der Waals surface area contributed by atoms with Gasteiger partial charge in [-0.05, 0) is 12.3 Å². The Morgan fingerprint density at radius 2 is 1.79 bits per heavy atom. The van der Waals surface area contributed by atoms with Crippen molar-refractivity contribution in [1.29, 1.82) is 5.41 Å². The highest BCUT2D eigenvalue weighted by Gasteiger charge is 2.18. The Labute approximate surface area is 85.9 Å². The van der Waals surface area contributed by atoms with Gasteiger partial charge in [0.25, 0.3) is 0 Å². The van der Waals surface area contributed by atoms with E-state index < -0.39 is 0 Å². The zero-order chi connectivity index (χ0) is 11.3. The molecular weight excluding hydrogens is 176 g/mol. The highest BCUT2D eigenvalue weighted by Crippen LogP contribution is 2.13. The van der Waals surface area contributed by atoms with Crippen LogP contribution in [0.15, 0.2) is 11.3 Å². The Balaban J connectivity index is 5.13. The van der Waals surface area contributed by atoms with Crippen LogP contribution in [0.5, 0.6) is 0 Å². The standard InChI is InChI=1S/C11H20N2O/c1-5-8(12)10(9(14)6-2)11(13)7(3)4/h7,13H,5-6,12H2,1-4H3/b10-8-,13-11?. The van der Waals surface area contributed by atoms with E-state index in [9.17, 15) is 4.79 Å². The number of nitrogens with one attached hydrogen (secondary N) is 1. The second-order valence-electron chi connectivity index (χ2n) is 3.60. The molecule has 0 atom stereocenters. The van der Waals surface area contributed by atoms with Gasteiger partial charge < -0.3 is 11.1 Å². The average molecular weight is 196 g/mol. The van der Waals surface area contributed by atoms with Gasteiger partial charge in [0.2, 0.25) is 0 Å². The first kappa shape index (κ1) is 12.9. The van der Waals surface area contributed by atoms with Crippen molar-refractivity contribution < 1.29 is 4.79 Å². The molecule has 3 heteroatoms.